The molecule has 1 aromatic carbocycles. The first-order valence-corrected chi connectivity index (χ1v) is 4.95. The lowest BCUT2D eigenvalue weighted by Gasteiger charge is -2.07. The van der Waals surface area contributed by atoms with E-state index in [4.69, 9.17) is 5.73 Å². The van der Waals surface area contributed by atoms with Crippen molar-refractivity contribution >= 4 is 5.69 Å². The molecule has 0 aliphatic rings. The first-order chi connectivity index (χ1) is 7.16. The fraction of sp³-hybridized carbons (Fsp3) is 0.154. The predicted octanol–water partition coefficient (Wildman–Crippen LogP) is 2.95. The van der Waals surface area contributed by atoms with Crippen molar-refractivity contribution in [2.45, 2.75) is 13.8 Å². The summed E-state index contributed by atoms with van der Waals surface area (Å²) in [6, 6.07) is 8.08. The van der Waals surface area contributed by atoms with Crippen LogP contribution in [0.4, 0.5) is 5.69 Å². The number of anilines is 1. The average Bonchev–Trinajstić information content (AvgIpc) is 2.17. The molecule has 0 radical (unpaired) electrons. The van der Waals surface area contributed by atoms with E-state index in [0.717, 1.165) is 11.3 Å². The summed E-state index contributed by atoms with van der Waals surface area (Å²) in [6.07, 6.45) is 3.74. The number of hydrogen-bond donors (Lipinski definition) is 1. The minimum absolute atomic E-state index is 0.803. The number of rotatable bonds is 1. The highest BCUT2D eigenvalue weighted by molar-refractivity contribution is 5.69. The SMILES string of the molecule is Cc1cncc(-c2ccc(N)cc2C)c1. The van der Waals surface area contributed by atoms with Crippen LogP contribution in [0.15, 0.2) is 36.7 Å². The van der Waals surface area contributed by atoms with Gasteiger partial charge in [-0.1, -0.05) is 6.07 Å². The molecule has 0 saturated carbocycles. The van der Waals surface area contributed by atoms with Gasteiger partial charge in [-0.15, -0.1) is 0 Å². The predicted molar refractivity (Wildman–Crippen MR) is 63.6 cm³/mol. The molecule has 2 rings (SSSR count). The summed E-state index contributed by atoms with van der Waals surface area (Å²) in [5.74, 6) is 0. The van der Waals surface area contributed by atoms with Crippen LogP contribution >= 0.6 is 0 Å². The molecule has 0 fully saturated rings. The summed E-state index contributed by atoms with van der Waals surface area (Å²) in [5, 5.41) is 0. The Morgan fingerprint density at radius 2 is 1.87 bits per heavy atom. The van der Waals surface area contributed by atoms with Crippen molar-refractivity contribution in [3.8, 4) is 11.1 Å². The third-order valence-electron chi connectivity index (χ3n) is 2.44. The molecule has 2 aromatic rings. The molecule has 1 heterocycles. The molecule has 0 amide bonds. The van der Waals surface area contributed by atoms with E-state index in [1.807, 2.05) is 37.5 Å². The zero-order chi connectivity index (χ0) is 10.8. The third kappa shape index (κ3) is 1.99. The molecule has 2 heteroatoms. The van der Waals surface area contributed by atoms with Gasteiger partial charge in [0, 0.05) is 23.6 Å². The Kier molecular flexibility index (Phi) is 2.42. The van der Waals surface area contributed by atoms with Crippen LogP contribution in [0.1, 0.15) is 11.1 Å². The minimum atomic E-state index is 0.803. The van der Waals surface area contributed by atoms with Gasteiger partial charge in [-0.25, -0.2) is 0 Å². The van der Waals surface area contributed by atoms with E-state index in [1.54, 1.807) is 0 Å². The normalized spacial score (nSPS) is 10.3. The largest absolute Gasteiger partial charge is 0.399 e. The minimum Gasteiger partial charge on any atom is -0.399 e. The number of nitrogens with zero attached hydrogens (tertiary/aromatic N) is 1. The molecule has 2 N–H and O–H groups in total. The molecule has 0 bridgehead atoms. The number of hydrogen-bond acceptors (Lipinski definition) is 2. The highest BCUT2D eigenvalue weighted by Crippen LogP contribution is 2.24. The van der Waals surface area contributed by atoms with Gasteiger partial charge in [-0.2, -0.15) is 0 Å². The summed E-state index contributed by atoms with van der Waals surface area (Å²) in [7, 11) is 0. The van der Waals surface area contributed by atoms with Gasteiger partial charge in [-0.3, -0.25) is 4.98 Å². The number of pyridine rings is 1. The van der Waals surface area contributed by atoms with Crippen molar-refractivity contribution in [2.24, 2.45) is 0 Å². The summed E-state index contributed by atoms with van der Waals surface area (Å²) in [4.78, 5) is 4.19. The molecule has 76 valence electrons. The van der Waals surface area contributed by atoms with Crippen LogP contribution in [-0.2, 0) is 0 Å². The lowest BCUT2D eigenvalue weighted by molar-refractivity contribution is 1.26. The first kappa shape index (κ1) is 9.71. The van der Waals surface area contributed by atoms with Gasteiger partial charge in [0.25, 0.3) is 0 Å². The Balaban J connectivity index is 2.54. The molecule has 2 nitrogen and oxygen atoms in total. The van der Waals surface area contributed by atoms with Crippen LogP contribution in [0.25, 0.3) is 11.1 Å². The van der Waals surface area contributed by atoms with Crippen molar-refractivity contribution in [3.05, 3.63) is 47.8 Å². The fourth-order valence-electron chi connectivity index (χ4n) is 1.71. The second kappa shape index (κ2) is 3.73. The number of aromatic nitrogens is 1. The highest BCUT2D eigenvalue weighted by atomic mass is 14.6. The Bertz CT molecular complexity index is 490. The van der Waals surface area contributed by atoms with Crippen LogP contribution in [0.5, 0.6) is 0 Å². The lowest BCUT2D eigenvalue weighted by Crippen LogP contribution is -1.89. The van der Waals surface area contributed by atoms with Crippen molar-refractivity contribution in [3.63, 3.8) is 0 Å². The van der Waals surface area contributed by atoms with Crippen LogP contribution in [-0.4, -0.2) is 4.98 Å². The fourth-order valence-corrected chi connectivity index (χ4v) is 1.71. The average molecular weight is 198 g/mol. The van der Waals surface area contributed by atoms with Gasteiger partial charge in [0.2, 0.25) is 0 Å². The molecular formula is C13H14N2. The summed E-state index contributed by atoms with van der Waals surface area (Å²) in [5.41, 5.74) is 11.2. The smallest absolute Gasteiger partial charge is 0.0346 e. The van der Waals surface area contributed by atoms with E-state index in [2.05, 4.69) is 18.0 Å². The van der Waals surface area contributed by atoms with Crippen LogP contribution in [0.3, 0.4) is 0 Å². The molecule has 0 saturated heterocycles. The molecule has 0 spiro atoms. The summed E-state index contributed by atoms with van der Waals surface area (Å²) >= 11 is 0. The topological polar surface area (TPSA) is 38.9 Å². The Morgan fingerprint density at radius 3 is 2.53 bits per heavy atom. The van der Waals surface area contributed by atoms with E-state index < -0.39 is 0 Å². The van der Waals surface area contributed by atoms with Crippen molar-refractivity contribution < 1.29 is 0 Å². The van der Waals surface area contributed by atoms with Crippen LogP contribution in [0.2, 0.25) is 0 Å². The molecule has 0 aliphatic carbocycles. The maximum atomic E-state index is 5.72. The van der Waals surface area contributed by atoms with E-state index in [9.17, 15) is 0 Å². The Morgan fingerprint density at radius 1 is 1.07 bits per heavy atom. The van der Waals surface area contributed by atoms with Gasteiger partial charge in [-0.05, 0) is 48.7 Å². The standard InChI is InChI=1S/C13H14N2/c1-9-5-11(8-15-7-9)13-4-3-12(14)6-10(13)2/h3-8H,14H2,1-2H3. The van der Waals surface area contributed by atoms with E-state index >= 15 is 0 Å². The number of aryl methyl sites for hydroxylation is 2. The monoisotopic (exact) mass is 198 g/mol. The lowest BCUT2D eigenvalue weighted by atomic mass is 10.0. The third-order valence-corrected chi connectivity index (χ3v) is 2.44. The zero-order valence-electron chi connectivity index (χ0n) is 8.99. The number of nitrogen functional groups attached to an aromatic ring is 1. The van der Waals surface area contributed by atoms with Gasteiger partial charge in [0.05, 0.1) is 0 Å². The Hall–Kier alpha value is -1.83. The Labute approximate surface area is 89.8 Å². The zero-order valence-corrected chi connectivity index (χ0v) is 8.99. The number of nitrogens with two attached hydrogens (primary N) is 1. The summed E-state index contributed by atoms with van der Waals surface area (Å²) in [6.45, 7) is 4.11. The van der Waals surface area contributed by atoms with Crippen molar-refractivity contribution in [1.29, 1.82) is 0 Å². The molecule has 1 aromatic heterocycles. The molecule has 0 aliphatic heterocycles. The second-order valence-electron chi connectivity index (χ2n) is 3.83. The number of benzene rings is 1. The maximum Gasteiger partial charge on any atom is 0.0346 e. The second-order valence-corrected chi connectivity index (χ2v) is 3.83. The van der Waals surface area contributed by atoms with Crippen molar-refractivity contribution in [2.75, 3.05) is 5.73 Å². The quantitative estimate of drug-likeness (QED) is 0.715. The van der Waals surface area contributed by atoms with Crippen LogP contribution < -0.4 is 5.73 Å². The maximum absolute atomic E-state index is 5.72. The summed E-state index contributed by atoms with van der Waals surface area (Å²) < 4.78 is 0. The molecular weight excluding hydrogens is 184 g/mol. The molecule has 0 unspecified atom stereocenters. The van der Waals surface area contributed by atoms with Gasteiger partial charge in [0.1, 0.15) is 0 Å². The van der Waals surface area contributed by atoms with E-state index in [1.165, 1.54) is 16.7 Å². The van der Waals surface area contributed by atoms with E-state index in [0.29, 0.717) is 0 Å². The van der Waals surface area contributed by atoms with Gasteiger partial charge in [0.15, 0.2) is 0 Å². The molecule has 0 atom stereocenters. The van der Waals surface area contributed by atoms with Crippen molar-refractivity contribution in [1.82, 2.24) is 4.98 Å². The van der Waals surface area contributed by atoms with Crippen LogP contribution in [0, 0.1) is 13.8 Å². The van der Waals surface area contributed by atoms with Gasteiger partial charge >= 0.3 is 0 Å². The highest BCUT2D eigenvalue weighted by Gasteiger charge is 2.02. The van der Waals surface area contributed by atoms with Gasteiger partial charge < -0.3 is 5.73 Å². The van der Waals surface area contributed by atoms with E-state index in [-0.39, 0.29) is 0 Å². The first-order valence-electron chi connectivity index (χ1n) is 4.95. The molecule has 15 heavy (non-hydrogen) atoms.